The largest absolute Gasteiger partial charge is 0.465 e. The van der Waals surface area contributed by atoms with Crippen molar-refractivity contribution in [3.8, 4) is 0 Å². The normalized spacial score (nSPS) is 12.2. The van der Waals surface area contributed by atoms with Crippen molar-refractivity contribution in [3.05, 3.63) is 10.1 Å². The molecule has 0 aromatic carbocycles. The number of nitrogens with zero attached hydrogens (tertiary/aromatic N) is 1. The smallest absolute Gasteiger partial charge is 0.323 e. The SMILES string of the molecule is CC(C)[C@H](N)C(=O)OCCCCO[N+](=O)[O-]. The first-order valence-electron chi connectivity index (χ1n) is 5.14. The maximum Gasteiger partial charge on any atom is 0.323 e. The van der Waals surface area contributed by atoms with E-state index in [4.69, 9.17) is 10.5 Å². The van der Waals surface area contributed by atoms with E-state index in [1.807, 2.05) is 13.8 Å². The van der Waals surface area contributed by atoms with Crippen LogP contribution in [-0.2, 0) is 14.4 Å². The third-order valence-corrected chi connectivity index (χ3v) is 1.97. The molecule has 0 saturated carbocycles. The number of nitrogens with two attached hydrogens (primary N) is 1. The molecule has 0 aliphatic rings. The van der Waals surface area contributed by atoms with Crippen LogP contribution in [0.1, 0.15) is 26.7 Å². The first-order valence-corrected chi connectivity index (χ1v) is 5.14. The standard InChI is InChI=1S/C9H18N2O5/c1-7(2)8(10)9(12)15-5-3-4-6-16-11(13)14/h7-8H,3-6,10H2,1-2H3/t8-/m0/s1. The molecule has 0 radical (unpaired) electrons. The Balaban J connectivity index is 3.45. The average Bonchev–Trinajstić information content (AvgIpc) is 2.21. The van der Waals surface area contributed by atoms with E-state index in [9.17, 15) is 14.9 Å². The maximum absolute atomic E-state index is 11.2. The third-order valence-electron chi connectivity index (χ3n) is 1.97. The van der Waals surface area contributed by atoms with Crippen LogP contribution in [-0.4, -0.2) is 30.3 Å². The molecule has 94 valence electrons. The Kier molecular flexibility index (Phi) is 7.19. The van der Waals surface area contributed by atoms with E-state index >= 15 is 0 Å². The molecule has 0 amide bonds. The quantitative estimate of drug-likeness (QED) is 0.284. The molecule has 1 atom stereocenters. The van der Waals surface area contributed by atoms with E-state index in [-0.39, 0.29) is 19.1 Å². The van der Waals surface area contributed by atoms with Crippen LogP contribution in [0.2, 0.25) is 0 Å². The van der Waals surface area contributed by atoms with Crippen LogP contribution in [0.3, 0.4) is 0 Å². The molecule has 16 heavy (non-hydrogen) atoms. The Bertz CT molecular complexity index is 232. The van der Waals surface area contributed by atoms with Gasteiger partial charge in [0, 0.05) is 0 Å². The van der Waals surface area contributed by atoms with Gasteiger partial charge in [0.2, 0.25) is 0 Å². The molecule has 0 aliphatic carbocycles. The summed E-state index contributed by atoms with van der Waals surface area (Å²) in [4.78, 5) is 25.1. The molecule has 0 spiro atoms. The highest BCUT2D eigenvalue weighted by molar-refractivity contribution is 5.75. The van der Waals surface area contributed by atoms with E-state index in [2.05, 4.69) is 4.84 Å². The van der Waals surface area contributed by atoms with Gasteiger partial charge in [-0.3, -0.25) is 4.79 Å². The number of hydrogen-bond donors (Lipinski definition) is 1. The van der Waals surface area contributed by atoms with Crippen molar-refractivity contribution in [2.24, 2.45) is 11.7 Å². The molecule has 7 heteroatoms. The lowest BCUT2D eigenvalue weighted by molar-refractivity contribution is -0.757. The molecular weight excluding hydrogens is 216 g/mol. The first-order chi connectivity index (χ1) is 7.45. The molecule has 0 heterocycles. The molecule has 0 bridgehead atoms. The highest BCUT2D eigenvalue weighted by atomic mass is 16.9. The highest BCUT2D eigenvalue weighted by Crippen LogP contribution is 2.01. The van der Waals surface area contributed by atoms with Crippen LogP contribution < -0.4 is 5.73 Å². The highest BCUT2D eigenvalue weighted by Gasteiger charge is 2.18. The zero-order valence-corrected chi connectivity index (χ0v) is 9.55. The summed E-state index contributed by atoms with van der Waals surface area (Å²) in [6.07, 6.45) is 0.982. The molecule has 7 nitrogen and oxygen atoms in total. The fourth-order valence-corrected chi connectivity index (χ4v) is 0.884. The van der Waals surface area contributed by atoms with Gasteiger partial charge in [0.05, 0.1) is 13.2 Å². The van der Waals surface area contributed by atoms with Gasteiger partial charge in [-0.2, -0.15) is 0 Å². The summed E-state index contributed by atoms with van der Waals surface area (Å²) in [5.41, 5.74) is 5.55. The van der Waals surface area contributed by atoms with E-state index in [1.165, 1.54) is 0 Å². The zero-order chi connectivity index (χ0) is 12.6. The molecular formula is C9H18N2O5. The Morgan fingerprint density at radius 1 is 1.38 bits per heavy atom. The summed E-state index contributed by atoms with van der Waals surface area (Å²) in [5.74, 6) is -0.407. The van der Waals surface area contributed by atoms with Gasteiger partial charge >= 0.3 is 5.97 Å². The summed E-state index contributed by atoms with van der Waals surface area (Å²) in [5, 5.41) is 8.94. The van der Waals surface area contributed by atoms with Gasteiger partial charge in [-0.05, 0) is 18.8 Å². The Hall–Kier alpha value is -1.37. The van der Waals surface area contributed by atoms with Gasteiger partial charge in [0.1, 0.15) is 6.04 Å². The van der Waals surface area contributed by atoms with Crippen LogP contribution in [0.15, 0.2) is 0 Å². The van der Waals surface area contributed by atoms with Crippen LogP contribution in [0.4, 0.5) is 0 Å². The van der Waals surface area contributed by atoms with Gasteiger partial charge in [-0.1, -0.05) is 13.8 Å². The number of rotatable bonds is 8. The molecule has 2 N–H and O–H groups in total. The van der Waals surface area contributed by atoms with Crippen LogP contribution in [0, 0.1) is 16.0 Å². The van der Waals surface area contributed by atoms with Gasteiger partial charge < -0.3 is 15.3 Å². The predicted octanol–water partition coefficient (Wildman–Crippen LogP) is 0.501. The lowest BCUT2D eigenvalue weighted by Crippen LogP contribution is -2.37. The number of ether oxygens (including phenoxy) is 1. The van der Waals surface area contributed by atoms with Crippen molar-refractivity contribution in [1.29, 1.82) is 0 Å². The molecule has 0 aromatic rings. The van der Waals surface area contributed by atoms with Crippen LogP contribution in [0.5, 0.6) is 0 Å². The fourth-order valence-electron chi connectivity index (χ4n) is 0.884. The van der Waals surface area contributed by atoms with Crippen molar-refractivity contribution < 1.29 is 19.5 Å². The molecule has 0 unspecified atom stereocenters. The number of esters is 1. The Labute approximate surface area is 94.0 Å². The minimum atomic E-state index is -0.847. The summed E-state index contributed by atoms with van der Waals surface area (Å²) in [6, 6.07) is -0.616. The molecule has 0 saturated heterocycles. The lowest BCUT2D eigenvalue weighted by Gasteiger charge is -2.14. The summed E-state index contributed by atoms with van der Waals surface area (Å²) in [6.45, 7) is 3.88. The van der Waals surface area contributed by atoms with Crippen molar-refractivity contribution >= 4 is 5.97 Å². The lowest BCUT2D eigenvalue weighted by atomic mass is 10.1. The average molecular weight is 234 g/mol. The van der Waals surface area contributed by atoms with Crippen molar-refractivity contribution in [3.63, 3.8) is 0 Å². The van der Waals surface area contributed by atoms with E-state index in [0.29, 0.717) is 12.8 Å². The van der Waals surface area contributed by atoms with Crippen molar-refractivity contribution in [2.45, 2.75) is 32.7 Å². The second-order valence-corrected chi connectivity index (χ2v) is 3.70. The zero-order valence-electron chi connectivity index (χ0n) is 9.55. The Morgan fingerprint density at radius 2 is 1.94 bits per heavy atom. The summed E-state index contributed by atoms with van der Waals surface area (Å²) < 4.78 is 4.88. The van der Waals surface area contributed by atoms with Crippen molar-refractivity contribution in [1.82, 2.24) is 0 Å². The number of carbonyl (C=O) groups is 1. The second kappa shape index (κ2) is 7.86. The number of carbonyl (C=O) groups excluding carboxylic acids is 1. The van der Waals surface area contributed by atoms with Gasteiger partial charge in [-0.15, -0.1) is 10.1 Å². The molecule has 0 rings (SSSR count). The summed E-state index contributed by atoms with van der Waals surface area (Å²) >= 11 is 0. The second-order valence-electron chi connectivity index (χ2n) is 3.70. The van der Waals surface area contributed by atoms with Gasteiger partial charge in [0.15, 0.2) is 0 Å². The topological polar surface area (TPSA) is 105 Å². The minimum absolute atomic E-state index is 0.0147. The molecule has 0 aliphatic heterocycles. The van der Waals surface area contributed by atoms with Crippen molar-refractivity contribution in [2.75, 3.05) is 13.2 Å². The van der Waals surface area contributed by atoms with Gasteiger partial charge in [-0.25, -0.2) is 0 Å². The van der Waals surface area contributed by atoms with E-state index in [0.717, 1.165) is 0 Å². The Morgan fingerprint density at radius 3 is 2.44 bits per heavy atom. The minimum Gasteiger partial charge on any atom is -0.465 e. The number of hydrogen-bond acceptors (Lipinski definition) is 6. The molecule has 0 aromatic heterocycles. The monoisotopic (exact) mass is 234 g/mol. The first kappa shape index (κ1) is 14.6. The molecule has 0 fully saturated rings. The fraction of sp³-hybridized carbons (Fsp3) is 0.889. The van der Waals surface area contributed by atoms with E-state index < -0.39 is 17.1 Å². The third kappa shape index (κ3) is 6.99. The predicted molar refractivity (Wildman–Crippen MR) is 56.0 cm³/mol. The number of unbranched alkanes of at least 4 members (excludes halogenated alkanes) is 1. The van der Waals surface area contributed by atoms with Crippen LogP contribution >= 0.6 is 0 Å². The van der Waals surface area contributed by atoms with E-state index in [1.54, 1.807) is 0 Å². The van der Waals surface area contributed by atoms with Gasteiger partial charge in [0.25, 0.3) is 5.09 Å². The van der Waals surface area contributed by atoms with Crippen LogP contribution in [0.25, 0.3) is 0 Å². The summed E-state index contributed by atoms with van der Waals surface area (Å²) in [7, 11) is 0. The maximum atomic E-state index is 11.2.